The molecule has 5 aromatic rings. The van der Waals surface area contributed by atoms with Crippen LogP contribution in [0.3, 0.4) is 0 Å². The fraction of sp³-hybridized carbons (Fsp3) is 0.391. The summed E-state index contributed by atoms with van der Waals surface area (Å²) in [7, 11) is 8.06. The van der Waals surface area contributed by atoms with Gasteiger partial charge in [0, 0.05) is 13.0 Å². The van der Waals surface area contributed by atoms with Crippen molar-refractivity contribution in [3.63, 3.8) is 0 Å². The van der Waals surface area contributed by atoms with E-state index in [9.17, 15) is 4.79 Å². The van der Waals surface area contributed by atoms with Gasteiger partial charge in [-0.25, -0.2) is 4.79 Å². The molecule has 11 heteroatoms. The number of carbonyl (C=O) groups is 2. The lowest BCUT2D eigenvalue weighted by Gasteiger charge is -2.40. The minimum absolute atomic E-state index is 0.208. The lowest BCUT2D eigenvalue weighted by atomic mass is 9.83. The highest BCUT2D eigenvalue weighted by Crippen LogP contribution is 2.47. The number of amides is 2. The molecule has 1 N–H and O–H groups in total. The van der Waals surface area contributed by atoms with Gasteiger partial charge in [-0.15, -0.1) is 0 Å². The number of fused-ring (bicyclic) bond motifs is 4. The third kappa shape index (κ3) is 8.93. The Hall–Kier alpha value is -5.84. The molecule has 302 valence electrons. The molecule has 2 unspecified atom stereocenters. The highest BCUT2D eigenvalue weighted by atomic mass is 16.6. The van der Waals surface area contributed by atoms with Crippen molar-refractivity contribution < 1.29 is 42.7 Å². The molecule has 0 aliphatic carbocycles. The molecule has 1 heterocycles. The Morgan fingerprint density at radius 1 is 0.667 bits per heavy atom. The van der Waals surface area contributed by atoms with Gasteiger partial charge in [-0.3, -0.25) is 4.79 Å². The Labute approximate surface area is 335 Å². The zero-order valence-corrected chi connectivity index (χ0v) is 34.8. The monoisotopic (exact) mass is 778 g/mol. The molecule has 2 atom stereocenters. The number of carbonyl (C=O) groups excluding carboxylic acids is 2. The van der Waals surface area contributed by atoms with Crippen LogP contribution < -0.4 is 33.7 Å². The highest BCUT2D eigenvalue weighted by Gasteiger charge is 2.39. The van der Waals surface area contributed by atoms with Gasteiger partial charge in [0.2, 0.25) is 5.91 Å². The van der Waals surface area contributed by atoms with Crippen LogP contribution in [-0.2, 0) is 22.4 Å². The Kier molecular flexibility index (Phi) is 11.7. The number of hydrogen-bond acceptors (Lipinski definition) is 9. The fourth-order valence-electron chi connectivity index (χ4n) is 7.49. The van der Waals surface area contributed by atoms with Crippen LogP contribution in [0.25, 0.3) is 21.5 Å². The van der Waals surface area contributed by atoms with Crippen LogP contribution in [0, 0.1) is 0 Å². The second-order valence-electron chi connectivity index (χ2n) is 16.2. The van der Waals surface area contributed by atoms with Crippen LogP contribution in [0.2, 0.25) is 0 Å². The molecule has 0 saturated heterocycles. The van der Waals surface area contributed by atoms with E-state index in [0.29, 0.717) is 47.5 Å². The molecule has 1 aliphatic heterocycles. The molecule has 0 aromatic heterocycles. The number of benzene rings is 5. The van der Waals surface area contributed by atoms with Crippen LogP contribution in [0.1, 0.15) is 69.8 Å². The first-order valence-electron chi connectivity index (χ1n) is 19.1. The predicted octanol–water partition coefficient (Wildman–Crippen LogP) is 8.82. The molecule has 0 saturated carbocycles. The zero-order chi connectivity index (χ0) is 41.2. The van der Waals surface area contributed by atoms with Crippen molar-refractivity contribution in [3.8, 4) is 34.5 Å². The first-order chi connectivity index (χ1) is 27.1. The van der Waals surface area contributed by atoms with Crippen molar-refractivity contribution in [2.24, 2.45) is 0 Å². The predicted molar refractivity (Wildman–Crippen MR) is 222 cm³/mol. The second kappa shape index (κ2) is 16.3. The summed E-state index contributed by atoms with van der Waals surface area (Å²) in [4.78, 5) is 30.7. The van der Waals surface area contributed by atoms with Crippen molar-refractivity contribution in [2.45, 2.75) is 77.7 Å². The summed E-state index contributed by atoms with van der Waals surface area (Å²) in [6.45, 7) is 11.7. The molecule has 6 rings (SSSR count). The van der Waals surface area contributed by atoms with Crippen molar-refractivity contribution in [3.05, 3.63) is 95.1 Å². The summed E-state index contributed by atoms with van der Waals surface area (Å²) in [5.41, 5.74) is 2.42. The molecule has 0 spiro atoms. The molecule has 0 radical (unpaired) electrons. The molecule has 1 aliphatic rings. The first-order valence-corrected chi connectivity index (χ1v) is 19.1. The van der Waals surface area contributed by atoms with E-state index in [-0.39, 0.29) is 17.9 Å². The largest absolute Gasteiger partial charge is 0.497 e. The number of alkyl carbamates (subject to hydrolysis) is 1. The van der Waals surface area contributed by atoms with Crippen LogP contribution in [-0.4, -0.2) is 76.2 Å². The Morgan fingerprint density at radius 3 is 1.86 bits per heavy atom. The summed E-state index contributed by atoms with van der Waals surface area (Å²) in [6.07, 6.45) is 0.0606. The lowest BCUT2D eigenvalue weighted by molar-refractivity contribution is -0.135. The van der Waals surface area contributed by atoms with Crippen LogP contribution in [0.4, 0.5) is 4.79 Å². The van der Waals surface area contributed by atoms with E-state index in [4.69, 9.17) is 33.2 Å². The summed E-state index contributed by atoms with van der Waals surface area (Å²) in [6, 6.07) is 21.9. The van der Waals surface area contributed by atoms with Gasteiger partial charge >= 0.3 is 6.09 Å². The minimum Gasteiger partial charge on any atom is -0.497 e. The molecule has 0 bridgehead atoms. The normalized spacial score (nSPS) is 14.7. The van der Waals surface area contributed by atoms with Crippen molar-refractivity contribution >= 4 is 33.5 Å². The molecule has 2 amide bonds. The van der Waals surface area contributed by atoms with E-state index < -0.39 is 23.8 Å². The summed E-state index contributed by atoms with van der Waals surface area (Å²) >= 11 is 0. The van der Waals surface area contributed by atoms with E-state index in [2.05, 4.69) is 11.4 Å². The van der Waals surface area contributed by atoms with Crippen LogP contribution in [0.15, 0.2) is 72.8 Å². The SMILES string of the molecule is COc1ccc2cc(C3c4cc(OC)c(OC)cc4CCN3C(=O)C(Cc3ccc(OC(C)(C)C)cc3)NC(=O)OC(C)(C)C)c3cc(OC)c(OC)cc3c2c1. The highest BCUT2D eigenvalue weighted by molar-refractivity contribution is 6.11. The molecule has 57 heavy (non-hydrogen) atoms. The maximum Gasteiger partial charge on any atom is 0.408 e. The molecular weight excluding hydrogens is 725 g/mol. The first kappa shape index (κ1) is 40.8. The summed E-state index contributed by atoms with van der Waals surface area (Å²) in [5.74, 6) is 3.37. The lowest BCUT2D eigenvalue weighted by Crippen LogP contribution is -2.53. The zero-order valence-electron chi connectivity index (χ0n) is 34.8. The minimum atomic E-state index is -0.982. The Bertz CT molecular complexity index is 2270. The number of rotatable bonds is 11. The summed E-state index contributed by atoms with van der Waals surface area (Å²) in [5, 5.41) is 6.56. The van der Waals surface area contributed by atoms with E-state index >= 15 is 4.79 Å². The second-order valence-corrected chi connectivity index (χ2v) is 16.2. The fourth-order valence-corrected chi connectivity index (χ4v) is 7.49. The number of nitrogens with one attached hydrogen (secondary N) is 1. The maximum absolute atomic E-state index is 15.3. The Morgan fingerprint density at radius 2 is 1.26 bits per heavy atom. The van der Waals surface area contributed by atoms with Gasteiger partial charge in [0.15, 0.2) is 23.0 Å². The van der Waals surface area contributed by atoms with Gasteiger partial charge in [0.1, 0.15) is 28.7 Å². The number of ether oxygens (including phenoxy) is 7. The van der Waals surface area contributed by atoms with Crippen LogP contribution >= 0.6 is 0 Å². The van der Waals surface area contributed by atoms with E-state index in [0.717, 1.165) is 43.8 Å². The van der Waals surface area contributed by atoms with Crippen LogP contribution in [0.5, 0.6) is 34.5 Å². The van der Waals surface area contributed by atoms with Gasteiger partial charge in [0.05, 0.1) is 41.6 Å². The van der Waals surface area contributed by atoms with Gasteiger partial charge in [-0.1, -0.05) is 18.2 Å². The van der Waals surface area contributed by atoms with E-state index in [1.165, 1.54) is 0 Å². The van der Waals surface area contributed by atoms with Gasteiger partial charge in [0.25, 0.3) is 0 Å². The third-order valence-corrected chi connectivity index (χ3v) is 9.92. The standard InChI is InChI=1S/C46H54N2O9/c1-45(2,3)56-30-15-12-27(13-16-30)20-37(47-44(50)57-46(4,5)6)43(49)48-19-18-29-22-38(52-8)39(53-9)24-33(29)42(48)36-21-28-14-17-31(51-7)23-32(28)34-25-40(54-10)41(55-11)26-35(34)36/h12-17,21-26,37,42H,18-20H2,1-11H3,(H,47,50). The Balaban J connectivity index is 1.56. The molecular formula is C46H54N2O9. The van der Waals surface area contributed by atoms with Crippen molar-refractivity contribution in [1.82, 2.24) is 10.2 Å². The average Bonchev–Trinajstić information content (AvgIpc) is 3.17. The average molecular weight is 779 g/mol. The topological polar surface area (TPSA) is 114 Å². The summed E-state index contributed by atoms with van der Waals surface area (Å²) < 4.78 is 40.6. The van der Waals surface area contributed by atoms with Gasteiger partial charge in [-0.05, 0) is 146 Å². The smallest absolute Gasteiger partial charge is 0.408 e. The van der Waals surface area contributed by atoms with Gasteiger partial charge in [-0.2, -0.15) is 0 Å². The molecule has 5 aromatic carbocycles. The van der Waals surface area contributed by atoms with Crippen molar-refractivity contribution in [1.29, 1.82) is 0 Å². The van der Waals surface area contributed by atoms with Crippen molar-refractivity contribution in [2.75, 3.05) is 42.1 Å². The maximum atomic E-state index is 15.3. The van der Waals surface area contributed by atoms with Gasteiger partial charge < -0.3 is 43.4 Å². The third-order valence-electron chi connectivity index (χ3n) is 9.92. The number of methoxy groups -OCH3 is 5. The van der Waals surface area contributed by atoms with E-state index in [1.807, 2.05) is 92.4 Å². The molecule has 11 nitrogen and oxygen atoms in total. The number of hydrogen-bond donors (Lipinski definition) is 1. The van der Waals surface area contributed by atoms with E-state index in [1.54, 1.807) is 56.3 Å². The quantitative estimate of drug-likeness (QED) is 0.132. The number of nitrogens with zero attached hydrogens (tertiary/aromatic N) is 1. The molecule has 0 fully saturated rings.